The molecule has 1 aromatic carbocycles. The third-order valence-corrected chi connectivity index (χ3v) is 3.23. The van der Waals surface area contributed by atoms with E-state index in [0.29, 0.717) is 6.54 Å². The molecule has 104 valence electrons. The second-order valence-corrected chi connectivity index (χ2v) is 4.72. The van der Waals surface area contributed by atoms with Crippen molar-refractivity contribution in [2.75, 3.05) is 13.1 Å². The van der Waals surface area contributed by atoms with E-state index in [0.717, 1.165) is 6.07 Å². The number of amides is 1. The van der Waals surface area contributed by atoms with Gasteiger partial charge < -0.3 is 10.6 Å². The third-order valence-electron chi connectivity index (χ3n) is 2.83. The molecule has 0 aliphatic carbocycles. The fourth-order valence-electron chi connectivity index (χ4n) is 1.62. The highest BCUT2D eigenvalue weighted by Gasteiger charge is 2.22. The van der Waals surface area contributed by atoms with Crippen molar-refractivity contribution in [3.8, 4) is 0 Å². The van der Waals surface area contributed by atoms with Crippen LogP contribution in [0.3, 0.4) is 0 Å². The number of carbonyl (C=O) groups is 1. The van der Waals surface area contributed by atoms with Crippen LogP contribution >= 0.6 is 12.2 Å². The van der Waals surface area contributed by atoms with E-state index < -0.39 is 17.5 Å². The minimum absolute atomic E-state index is 0.185. The fraction of sp³-hybridized carbons (Fsp3) is 0.385. The zero-order valence-electron chi connectivity index (χ0n) is 10.8. The standard InChI is InChI=1S/C13H16F2N2OS/c1-3-17(7-8(2)12(16)19)13(18)9-5-4-6-10(14)11(9)15/h4-6,8H,3,7H2,1-2H3,(H2,16,19). The Balaban J connectivity index is 2.96. The Morgan fingerprint density at radius 2 is 2.11 bits per heavy atom. The van der Waals surface area contributed by atoms with Crippen molar-refractivity contribution in [2.45, 2.75) is 13.8 Å². The van der Waals surface area contributed by atoms with E-state index in [4.69, 9.17) is 18.0 Å². The van der Waals surface area contributed by atoms with Crippen molar-refractivity contribution in [3.63, 3.8) is 0 Å². The lowest BCUT2D eigenvalue weighted by atomic mass is 10.1. The molecule has 0 saturated carbocycles. The smallest absolute Gasteiger partial charge is 0.256 e. The Labute approximate surface area is 116 Å². The summed E-state index contributed by atoms with van der Waals surface area (Å²) in [6, 6.07) is 3.53. The van der Waals surface area contributed by atoms with Crippen LogP contribution in [0.4, 0.5) is 8.78 Å². The van der Waals surface area contributed by atoms with Crippen LogP contribution in [0.25, 0.3) is 0 Å². The molecule has 0 spiro atoms. The van der Waals surface area contributed by atoms with E-state index in [1.165, 1.54) is 17.0 Å². The lowest BCUT2D eigenvalue weighted by Gasteiger charge is -2.24. The Morgan fingerprint density at radius 1 is 1.47 bits per heavy atom. The Kier molecular flexibility index (Phi) is 5.35. The Bertz CT molecular complexity index is 494. The van der Waals surface area contributed by atoms with Gasteiger partial charge in [-0.1, -0.05) is 25.2 Å². The highest BCUT2D eigenvalue weighted by atomic mass is 32.1. The minimum atomic E-state index is -1.13. The molecule has 0 saturated heterocycles. The Hall–Kier alpha value is -1.56. The van der Waals surface area contributed by atoms with Crippen LogP contribution < -0.4 is 5.73 Å². The van der Waals surface area contributed by atoms with Gasteiger partial charge in [-0.25, -0.2) is 8.78 Å². The Morgan fingerprint density at radius 3 is 2.63 bits per heavy atom. The molecule has 1 aromatic rings. The molecule has 0 fully saturated rings. The average molecular weight is 286 g/mol. The van der Waals surface area contributed by atoms with Gasteiger partial charge >= 0.3 is 0 Å². The first kappa shape index (κ1) is 15.5. The maximum absolute atomic E-state index is 13.6. The molecular weight excluding hydrogens is 270 g/mol. The van der Waals surface area contributed by atoms with Crippen LogP contribution in [-0.2, 0) is 0 Å². The number of benzene rings is 1. The summed E-state index contributed by atoms with van der Waals surface area (Å²) in [6.45, 7) is 4.17. The van der Waals surface area contributed by atoms with Crippen LogP contribution in [0.5, 0.6) is 0 Å². The fourth-order valence-corrected chi connectivity index (χ4v) is 1.69. The quantitative estimate of drug-likeness (QED) is 0.845. The summed E-state index contributed by atoms with van der Waals surface area (Å²) in [6.07, 6.45) is 0. The molecule has 1 unspecified atom stereocenters. The van der Waals surface area contributed by atoms with Gasteiger partial charge in [0.2, 0.25) is 0 Å². The summed E-state index contributed by atoms with van der Waals surface area (Å²) in [7, 11) is 0. The average Bonchev–Trinajstić information content (AvgIpc) is 2.38. The van der Waals surface area contributed by atoms with Crippen LogP contribution in [0.2, 0.25) is 0 Å². The molecule has 0 aromatic heterocycles. The zero-order valence-corrected chi connectivity index (χ0v) is 11.6. The van der Waals surface area contributed by atoms with E-state index in [1.54, 1.807) is 13.8 Å². The highest BCUT2D eigenvalue weighted by Crippen LogP contribution is 2.14. The lowest BCUT2D eigenvalue weighted by molar-refractivity contribution is 0.0749. The number of nitrogens with zero attached hydrogens (tertiary/aromatic N) is 1. The number of rotatable bonds is 5. The van der Waals surface area contributed by atoms with Crippen LogP contribution in [0.1, 0.15) is 24.2 Å². The molecule has 6 heteroatoms. The van der Waals surface area contributed by atoms with E-state index in [2.05, 4.69) is 0 Å². The molecule has 1 rings (SSSR count). The molecule has 1 amide bonds. The highest BCUT2D eigenvalue weighted by molar-refractivity contribution is 7.80. The number of hydrogen-bond donors (Lipinski definition) is 1. The van der Waals surface area contributed by atoms with Gasteiger partial charge in [0.05, 0.1) is 10.6 Å². The first-order valence-electron chi connectivity index (χ1n) is 5.91. The van der Waals surface area contributed by atoms with Gasteiger partial charge in [-0.2, -0.15) is 0 Å². The van der Waals surface area contributed by atoms with Crippen molar-refractivity contribution in [1.29, 1.82) is 0 Å². The summed E-state index contributed by atoms with van der Waals surface area (Å²) < 4.78 is 26.7. The van der Waals surface area contributed by atoms with Crippen LogP contribution in [0, 0.1) is 17.6 Å². The van der Waals surface area contributed by atoms with Gasteiger partial charge in [0.1, 0.15) is 0 Å². The predicted molar refractivity (Wildman–Crippen MR) is 73.9 cm³/mol. The molecule has 0 aliphatic rings. The van der Waals surface area contributed by atoms with Crippen molar-refractivity contribution >= 4 is 23.1 Å². The lowest BCUT2D eigenvalue weighted by Crippen LogP contribution is -2.38. The maximum atomic E-state index is 13.6. The molecule has 1 atom stereocenters. The van der Waals surface area contributed by atoms with Crippen LogP contribution in [0.15, 0.2) is 18.2 Å². The summed E-state index contributed by atoms with van der Waals surface area (Å²) in [5.74, 6) is -2.92. The third kappa shape index (κ3) is 3.70. The SMILES string of the molecule is CCN(CC(C)C(N)=S)C(=O)c1cccc(F)c1F. The first-order valence-corrected chi connectivity index (χ1v) is 6.31. The van der Waals surface area contributed by atoms with Gasteiger partial charge in [-0.3, -0.25) is 4.79 Å². The molecule has 3 nitrogen and oxygen atoms in total. The van der Waals surface area contributed by atoms with E-state index >= 15 is 0 Å². The second-order valence-electron chi connectivity index (χ2n) is 4.25. The summed E-state index contributed by atoms with van der Waals surface area (Å²) in [5.41, 5.74) is 5.21. The van der Waals surface area contributed by atoms with Gasteiger partial charge in [0.25, 0.3) is 5.91 Å². The zero-order chi connectivity index (χ0) is 14.6. The molecule has 0 heterocycles. The summed E-state index contributed by atoms with van der Waals surface area (Å²) in [4.78, 5) is 13.8. The second kappa shape index (κ2) is 6.56. The summed E-state index contributed by atoms with van der Waals surface area (Å²) >= 11 is 4.84. The molecule has 0 aliphatic heterocycles. The number of halogens is 2. The number of thiocarbonyl (C=S) groups is 1. The van der Waals surface area contributed by atoms with E-state index in [1.807, 2.05) is 0 Å². The van der Waals surface area contributed by atoms with Gasteiger partial charge in [0, 0.05) is 19.0 Å². The van der Waals surface area contributed by atoms with Crippen molar-refractivity contribution < 1.29 is 13.6 Å². The maximum Gasteiger partial charge on any atom is 0.256 e. The molecule has 19 heavy (non-hydrogen) atoms. The number of nitrogens with two attached hydrogens (primary N) is 1. The van der Waals surface area contributed by atoms with Crippen LogP contribution in [-0.4, -0.2) is 28.9 Å². The van der Waals surface area contributed by atoms with Gasteiger partial charge in [-0.05, 0) is 19.1 Å². The molecule has 0 radical (unpaired) electrons. The van der Waals surface area contributed by atoms with Crippen molar-refractivity contribution in [2.24, 2.45) is 11.7 Å². The first-order chi connectivity index (χ1) is 8.88. The van der Waals surface area contributed by atoms with Gasteiger partial charge in [-0.15, -0.1) is 0 Å². The molecular formula is C13H16F2N2OS. The van der Waals surface area contributed by atoms with Crippen molar-refractivity contribution in [3.05, 3.63) is 35.4 Å². The van der Waals surface area contributed by atoms with Crippen molar-refractivity contribution in [1.82, 2.24) is 4.90 Å². The summed E-state index contributed by atoms with van der Waals surface area (Å²) in [5, 5.41) is 0. The molecule has 0 bridgehead atoms. The van der Waals surface area contributed by atoms with E-state index in [9.17, 15) is 13.6 Å². The number of hydrogen-bond acceptors (Lipinski definition) is 2. The molecule has 2 N–H and O–H groups in total. The largest absolute Gasteiger partial charge is 0.393 e. The predicted octanol–water partition coefficient (Wildman–Crippen LogP) is 2.35. The topological polar surface area (TPSA) is 46.3 Å². The normalized spacial score (nSPS) is 12.0. The monoisotopic (exact) mass is 286 g/mol. The van der Waals surface area contributed by atoms with E-state index in [-0.39, 0.29) is 23.0 Å². The minimum Gasteiger partial charge on any atom is -0.393 e. The number of carbonyl (C=O) groups excluding carboxylic acids is 1. The van der Waals surface area contributed by atoms with Gasteiger partial charge in [0.15, 0.2) is 11.6 Å².